The van der Waals surface area contributed by atoms with E-state index < -0.39 is 0 Å². The third-order valence-corrected chi connectivity index (χ3v) is 5.30. The van der Waals surface area contributed by atoms with Gasteiger partial charge in [0.2, 0.25) is 5.95 Å². The number of aromatic nitrogens is 3. The Morgan fingerprint density at radius 2 is 1.54 bits per heavy atom. The predicted octanol–water partition coefficient (Wildman–Crippen LogP) is 3.15. The Kier molecular flexibility index (Phi) is 4.86. The van der Waals surface area contributed by atoms with E-state index in [0.29, 0.717) is 13.1 Å². The number of hydrogen-bond donors (Lipinski definition) is 0. The molecule has 4 rings (SSSR count). The molecule has 2 aromatic heterocycles. The summed E-state index contributed by atoms with van der Waals surface area (Å²) < 4.78 is 2.15. The minimum Gasteiger partial charge on any atom is -0.337 e. The topological polar surface area (TPSA) is 54.3 Å². The zero-order valence-corrected chi connectivity index (χ0v) is 16.6. The second-order valence-corrected chi connectivity index (χ2v) is 7.30. The van der Waals surface area contributed by atoms with E-state index >= 15 is 0 Å². The molecule has 0 N–H and O–H groups in total. The molecule has 1 aliphatic heterocycles. The SMILES string of the molecule is Cc1ccc(-n2c(C)ccc2C)c(C(=O)N2CCN(c3ncccn3)CC2)c1. The molecule has 0 bridgehead atoms. The van der Waals surface area contributed by atoms with Gasteiger partial charge in [0.1, 0.15) is 0 Å². The van der Waals surface area contributed by atoms with Crippen LogP contribution in [0.5, 0.6) is 0 Å². The molecular weight excluding hydrogens is 350 g/mol. The second kappa shape index (κ2) is 7.46. The zero-order chi connectivity index (χ0) is 19.7. The van der Waals surface area contributed by atoms with Crippen LogP contribution in [0.15, 0.2) is 48.8 Å². The fraction of sp³-hybridized carbons (Fsp3) is 0.318. The highest BCUT2D eigenvalue weighted by Crippen LogP contribution is 2.24. The minimum atomic E-state index is 0.0832. The molecule has 3 heterocycles. The van der Waals surface area contributed by atoms with Crippen molar-refractivity contribution in [3.8, 4) is 5.69 Å². The maximum atomic E-state index is 13.4. The van der Waals surface area contributed by atoms with Gasteiger partial charge in [0.25, 0.3) is 5.91 Å². The lowest BCUT2D eigenvalue weighted by Gasteiger charge is -2.35. The third kappa shape index (κ3) is 3.38. The van der Waals surface area contributed by atoms with Crippen LogP contribution in [0.2, 0.25) is 0 Å². The van der Waals surface area contributed by atoms with Gasteiger partial charge in [0, 0.05) is 50.0 Å². The van der Waals surface area contributed by atoms with Crippen molar-refractivity contribution in [3.05, 3.63) is 71.3 Å². The summed E-state index contributed by atoms with van der Waals surface area (Å²) in [5.74, 6) is 0.810. The lowest BCUT2D eigenvalue weighted by Crippen LogP contribution is -2.49. The average Bonchev–Trinajstić information content (AvgIpc) is 3.06. The van der Waals surface area contributed by atoms with Crippen molar-refractivity contribution in [3.63, 3.8) is 0 Å². The average molecular weight is 375 g/mol. The highest BCUT2D eigenvalue weighted by molar-refractivity contribution is 5.98. The summed E-state index contributed by atoms with van der Waals surface area (Å²) >= 11 is 0. The highest BCUT2D eigenvalue weighted by Gasteiger charge is 2.25. The van der Waals surface area contributed by atoms with Gasteiger partial charge in [-0.2, -0.15) is 0 Å². The summed E-state index contributed by atoms with van der Waals surface area (Å²) in [6.07, 6.45) is 3.50. The summed E-state index contributed by atoms with van der Waals surface area (Å²) in [5.41, 5.74) is 5.05. The van der Waals surface area contributed by atoms with Gasteiger partial charge in [0.15, 0.2) is 0 Å². The lowest BCUT2D eigenvalue weighted by atomic mass is 10.1. The number of anilines is 1. The zero-order valence-electron chi connectivity index (χ0n) is 16.6. The molecule has 1 saturated heterocycles. The van der Waals surface area contributed by atoms with Crippen molar-refractivity contribution in [2.75, 3.05) is 31.1 Å². The molecule has 1 aliphatic rings. The van der Waals surface area contributed by atoms with Gasteiger partial charge in [-0.3, -0.25) is 4.79 Å². The molecule has 1 fully saturated rings. The Morgan fingerprint density at radius 3 is 2.18 bits per heavy atom. The van der Waals surface area contributed by atoms with Crippen LogP contribution in [0.4, 0.5) is 5.95 Å². The number of nitrogens with zero attached hydrogens (tertiary/aromatic N) is 5. The molecule has 0 unspecified atom stereocenters. The van der Waals surface area contributed by atoms with Gasteiger partial charge >= 0.3 is 0 Å². The fourth-order valence-corrected chi connectivity index (χ4v) is 3.80. The quantitative estimate of drug-likeness (QED) is 0.706. The van der Waals surface area contributed by atoms with E-state index in [9.17, 15) is 4.79 Å². The number of rotatable bonds is 3. The second-order valence-electron chi connectivity index (χ2n) is 7.30. The minimum absolute atomic E-state index is 0.0832. The highest BCUT2D eigenvalue weighted by atomic mass is 16.2. The van der Waals surface area contributed by atoms with E-state index in [1.165, 1.54) is 0 Å². The number of piperazine rings is 1. The van der Waals surface area contributed by atoms with Gasteiger partial charge in [-0.15, -0.1) is 0 Å². The largest absolute Gasteiger partial charge is 0.337 e. The first kappa shape index (κ1) is 18.2. The van der Waals surface area contributed by atoms with E-state index in [1.807, 2.05) is 24.0 Å². The maximum absolute atomic E-state index is 13.4. The van der Waals surface area contributed by atoms with Crippen LogP contribution in [0, 0.1) is 20.8 Å². The fourth-order valence-electron chi connectivity index (χ4n) is 3.80. The van der Waals surface area contributed by atoms with Crippen LogP contribution >= 0.6 is 0 Å². The van der Waals surface area contributed by atoms with E-state index in [-0.39, 0.29) is 5.91 Å². The normalized spacial score (nSPS) is 14.4. The van der Waals surface area contributed by atoms with Crippen molar-refractivity contribution in [2.24, 2.45) is 0 Å². The summed E-state index contributed by atoms with van der Waals surface area (Å²) in [7, 11) is 0. The van der Waals surface area contributed by atoms with E-state index in [1.54, 1.807) is 12.4 Å². The number of benzene rings is 1. The van der Waals surface area contributed by atoms with Crippen LogP contribution in [-0.2, 0) is 0 Å². The number of carbonyl (C=O) groups excluding carboxylic acids is 1. The van der Waals surface area contributed by atoms with Gasteiger partial charge in [-0.25, -0.2) is 9.97 Å². The van der Waals surface area contributed by atoms with Crippen LogP contribution in [0.25, 0.3) is 5.69 Å². The monoisotopic (exact) mass is 375 g/mol. The third-order valence-electron chi connectivity index (χ3n) is 5.30. The maximum Gasteiger partial charge on any atom is 0.256 e. The molecule has 144 valence electrons. The Morgan fingerprint density at radius 1 is 0.893 bits per heavy atom. The first-order valence-corrected chi connectivity index (χ1v) is 9.62. The predicted molar refractivity (Wildman–Crippen MR) is 110 cm³/mol. The Hall–Kier alpha value is -3.15. The van der Waals surface area contributed by atoms with Gasteiger partial charge in [-0.1, -0.05) is 11.6 Å². The number of hydrogen-bond acceptors (Lipinski definition) is 4. The van der Waals surface area contributed by atoms with Gasteiger partial charge in [-0.05, 0) is 51.1 Å². The summed E-state index contributed by atoms with van der Waals surface area (Å²) in [6, 6.07) is 12.1. The van der Waals surface area contributed by atoms with Crippen LogP contribution in [0.3, 0.4) is 0 Å². The molecule has 0 saturated carbocycles. The summed E-state index contributed by atoms with van der Waals surface area (Å²) in [5, 5.41) is 0. The smallest absolute Gasteiger partial charge is 0.256 e. The van der Waals surface area contributed by atoms with Crippen LogP contribution in [0.1, 0.15) is 27.3 Å². The lowest BCUT2D eigenvalue weighted by molar-refractivity contribution is 0.0746. The number of amides is 1. The standard InChI is InChI=1S/C22H25N5O/c1-16-5-8-20(27-17(2)6-7-18(27)3)19(15-16)21(28)25-11-13-26(14-12-25)22-23-9-4-10-24-22/h4-10,15H,11-14H2,1-3H3. The van der Waals surface area contributed by atoms with Crippen LogP contribution < -0.4 is 4.90 Å². The summed E-state index contributed by atoms with van der Waals surface area (Å²) in [4.78, 5) is 26.1. The van der Waals surface area contributed by atoms with Gasteiger partial charge in [0.05, 0.1) is 11.3 Å². The van der Waals surface area contributed by atoms with Crippen molar-refractivity contribution in [1.82, 2.24) is 19.4 Å². The Labute approximate surface area is 165 Å². The molecule has 6 heteroatoms. The molecule has 0 spiro atoms. The Balaban J connectivity index is 1.58. The van der Waals surface area contributed by atoms with E-state index in [0.717, 1.165) is 47.2 Å². The number of carbonyl (C=O) groups is 1. The molecule has 6 nitrogen and oxygen atoms in total. The molecule has 3 aromatic rings. The van der Waals surface area contributed by atoms with Crippen molar-refractivity contribution >= 4 is 11.9 Å². The van der Waals surface area contributed by atoms with Crippen LogP contribution in [-0.4, -0.2) is 51.5 Å². The molecule has 1 aromatic carbocycles. The first-order valence-electron chi connectivity index (χ1n) is 9.62. The van der Waals surface area contributed by atoms with Crippen molar-refractivity contribution < 1.29 is 4.79 Å². The van der Waals surface area contributed by atoms with Crippen molar-refractivity contribution in [1.29, 1.82) is 0 Å². The first-order chi connectivity index (χ1) is 13.5. The van der Waals surface area contributed by atoms with E-state index in [4.69, 9.17) is 0 Å². The van der Waals surface area contributed by atoms with Crippen molar-refractivity contribution in [2.45, 2.75) is 20.8 Å². The summed E-state index contributed by atoms with van der Waals surface area (Å²) in [6.45, 7) is 8.96. The molecule has 0 aliphatic carbocycles. The molecule has 0 radical (unpaired) electrons. The molecule has 28 heavy (non-hydrogen) atoms. The number of aryl methyl sites for hydroxylation is 3. The Bertz CT molecular complexity index is 968. The van der Waals surface area contributed by atoms with Gasteiger partial charge < -0.3 is 14.4 Å². The molecule has 1 amide bonds. The molecular formula is C22H25N5O. The molecule has 0 atom stereocenters. The van der Waals surface area contributed by atoms with E-state index in [2.05, 4.69) is 57.5 Å².